The average molecular weight is 383 g/mol. The van der Waals surface area contributed by atoms with Gasteiger partial charge in [0.2, 0.25) is 0 Å². The molecule has 0 saturated carbocycles. The third-order valence-electron chi connectivity index (χ3n) is 3.99. The van der Waals surface area contributed by atoms with Crippen molar-refractivity contribution in [1.82, 2.24) is 9.78 Å². The molecule has 0 aliphatic heterocycles. The maximum Gasteiger partial charge on any atom is 0.345 e. The van der Waals surface area contributed by atoms with Gasteiger partial charge in [-0.3, -0.25) is 10.1 Å². The van der Waals surface area contributed by atoms with Crippen LogP contribution in [0.15, 0.2) is 54.9 Å². The van der Waals surface area contributed by atoms with E-state index in [1.54, 1.807) is 23.0 Å². The molecule has 0 fully saturated rings. The molecule has 0 spiro atoms. The fraction of sp³-hybridized carbons (Fsp3) is 0.158. The van der Waals surface area contributed by atoms with Crippen molar-refractivity contribution in [1.29, 1.82) is 0 Å². The lowest BCUT2D eigenvalue weighted by Gasteiger charge is -2.11. The molecule has 9 heteroatoms. The Kier molecular flexibility index (Phi) is 5.54. The summed E-state index contributed by atoms with van der Waals surface area (Å²) in [6, 6.07) is 11.4. The van der Waals surface area contributed by atoms with E-state index in [2.05, 4.69) is 5.10 Å². The van der Waals surface area contributed by atoms with Gasteiger partial charge in [0.05, 0.1) is 30.9 Å². The van der Waals surface area contributed by atoms with Gasteiger partial charge in [-0.25, -0.2) is 9.48 Å². The van der Waals surface area contributed by atoms with Crippen molar-refractivity contribution in [3.63, 3.8) is 0 Å². The maximum absolute atomic E-state index is 12.4. The Bertz CT molecular complexity index is 984. The molecule has 144 valence electrons. The van der Waals surface area contributed by atoms with Crippen LogP contribution >= 0.6 is 0 Å². The second-order valence-electron chi connectivity index (χ2n) is 5.67. The van der Waals surface area contributed by atoms with Crippen molar-refractivity contribution in [3.05, 3.63) is 76.1 Å². The van der Waals surface area contributed by atoms with Crippen LogP contribution in [-0.2, 0) is 11.3 Å². The monoisotopic (exact) mass is 383 g/mol. The average Bonchev–Trinajstić information content (AvgIpc) is 3.26. The molecular weight excluding hydrogens is 366 g/mol. The minimum atomic E-state index is -0.830. The molecule has 9 nitrogen and oxygen atoms in total. The fourth-order valence-electron chi connectivity index (χ4n) is 2.58. The normalized spacial score (nSPS) is 10.4. The Hall–Kier alpha value is -3.88. The van der Waals surface area contributed by atoms with Crippen LogP contribution in [0.1, 0.15) is 15.9 Å². The number of nitro groups is 1. The van der Waals surface area contributed by atoms with E-state index in [0.717, 1.165) is 17.3 Å². The third kappa shape index (κ3) is 3.93. The summed E-state index contributed by atoms with van der Waals surface area (Å²) < 4.78 is 17.1. The summed E-state index contributed by atoms with van der Waals surface area (Å²) in [5.41, 5.74) is 0.954. The highest BCUT2D eigenvalue weighted by Crippen LogP contribution is 2.34. The summed E-state index contributed by atoms with van der Waals surface area (Å²) in [5, 5.41) is 15.4. The Morgan fingerprint density at radius 3 is 2.39 bits per heavy atom. The summed E-state index contributed by atoms with van der Waals surface area (Å²) in [5.74, 6) is -0.479. The molecule has 3 rings (SSSR count). The van der Waals surface area contributed by atoms with Crippen molar-refractivity contribution in [2.45, 2.75) is 6.61 Å². The second kappa shape index (κ2) is 8.21. The van der Waals surface area contributed by atoms with E-state index >= 15 is 0 Å². The van der Waals surface area contributed by atoms with Crippen molar-refractivity contribution < 1.29 is 23.9 Å². The number of nitro benzene ring substituents is 1. The molecule has 28 heavy (non-hydrogen) atoms. The number of methoxy groups -OCH3 is 2. The van der Waals surface area contributed by atoms with Gasteiger partial charge in [-0.05, 0) is 23.8 Å². The van der Waals surface area contributed by atoms with Crippen LogP contribution in [0.5, 0.6) is 11.5 Å². The number of hydrogen-bond donors (Lipinski definition) is 0. The van der Waals surface area contributed by atoms with Gasteiger partial charge in [0.25, 0.3) is 5.69 Å². The molecule has 0 amide bonds. The van der Waals surface area contributed by atoms with Crippen molar-refractivity contribution in [3.8, 4) is 17.2 Å². The van der Waals surface area contributed by atoms with Crippen LogP contribution in [0.25, 0.3) is 5.69 Å². The van der Waals surface area contributed by atoms with Gasteiger partial charge in [-0.1, -0.05) is 12.1 Å². The van der Waals surface area contributed by atoms with Gasteiger partial charge < -0.3 is 14.2 Å². The lowest BCUT2D eigenvalue weighted by molar-refractivity contribution is -0.385. The van der Waals surface area contributed by atoms with Gasteiger partial charge in [-0.15, -0.1) is 0 Å². The topological polar surface area (TPSA) is 106 Å². The molecule has 2 aromatic carbocycles. The van der Waals surface area contributed by atoms with Crippen LogP contribution in [-0.4, -0.2) is 34.9 Å². The quantitative estimate of drug-likeness (QED) is 0.350. The van der Waals surface area contributed by atoms with Gasteiger partial charge in [0.1, 0.15) is 12.2 Å². The zero-order valence-corrected chi connectivity index (χ0v) is 15.2. The highest BCUT2D eigenvalue weighted by molar-refractivity contribution is 5.95. The zero-order valence-electron chi connectivity index (χ0n) is 15.2. The minimum absolute atomic E-state index is 0.0380. The smallest absolute Gasteiger partial charge is 0.345 e. The Morgan fingerprint density at radius 2 is 1.82 bits per heavy atom. The molecule has 0 bridgehead atoms. The second-order valence-corrected chi connectivity index (χ2v) is 5.67. The van der Waals surface area contributed by atoms with Crippen molar-refractivity contribution in [2.24, 2.45) is 0 Å². The summed E-state index contributed by atoms with van der Waals surface area (Å²) in [7, 11) is 2.73. The Balaban J connectivity index is 1.76. The molecule has 0 radical (unpaired) electrons. The van der Waals surface area contributed by atoms with Crippen LogP contribution < -0.4 is 9.47 Å². The fourth-order valence-corrected chi connectivity index (χ4v) is 2.58. The zero-order chi connectivity index (χ0) is 20.1. The predicted molar refractivity (Wildman–Crippen MR) is 98.9 cm³/mol. The predicted octanol–water partition coefficient (Wildman–Crippen LogP) is 3.15. The lowest BCUT2D eigenvalue weighted by Crippen LogP contribution is -2.09. The molecule has 1 heterocycles. The SMILES string of the molecule is COc1cc(C(=O)OCc2ccc(-n3cccn3)cc2)c([N+](=O)[O-])cc1OC. The van der Waals surface area contributed by atoms with Crippen LogP contribution in [0, 0.1) is 10.1 Å². The summed E-state index contributed by atoms with van der Waals surface area (Å²) in [6.07, 6.45) is 3.48. The molecule has 0 unspecified atom stereocenters. The molecule has 0 aliphatic carbocycles. The van der Waals surface area contributed by atoms with E-state index in [4.69, 9.17) is 14.2 Å². The number of hydrogen-bond acceptors (Lipinski definition) is 7. The van der Waals surface area contributed by atoms with E-state index in [1.807, 2.05) is 24.4 Å². The number of esters is 1. The number of benzene rings is 2. The Labute approximate surface area is 160 Å². The van der Waals surface area contributed by atoms with E-state index in [9.17, 15) is 14.9 Å². The van der Waals surface area contributed by atoms with Crippen molar-refractivity contribution >= 4 is 11.7 Å². The van der Waals surface area contributed by atoms with Gasteiger partial charge in [-0.2, -0.15) is 5.10 Å². The van der Waals surface area contributed by atoms with Crippen LogP contribution in [0.4, 0.5) is 5.69 Å². The van der Waals surface area contributed by atoms with Crippen LogP contribution in [0.2, 0.25) is 0 Å². The standard InChI is InChI=1S/C19H17N3O6/c1-26-17-10-15(16(22(24)25)11-18(17)27-2)19(23)28-12-13-4-6-14(7-5-13)21-9-3-8-20-21/h3-11H,12H2,1-2H3. The molecule has 0 N–H and O–H groups in total. The highest BCUT2D eigenvalue weighted by atomic mass is 16.6. The van der Waals surface area contributed by atoms with Gasteiger partial charge in [0.15, 0.2) is 11.5 Å². The first-order chi connectivity index (χ1) is 13.5. The number of carbonyl (C=O) groups excluding carboxylic acids is 1. The van der Waals surface area contributed by atoms with E-state index in [1.165, 1.54) is 20.3 Å². The van der Waals surface area contributed by atoms with E-state index < -0.39 is 16.6 Å². The number of ether oxygens (including phenoxy) is 3. The van der Waals surface area contributed by atoms with Gasteiger partial charge in [0, 0.05) is 18.5 Å². The first-order valence-corrected chi connectivity index (χ1v) is 8.20. The number of aromatic nitrogens is 2. The van der Waals surface area contributed by atoms with Crippen LogP contribution in [0.3, 0.4) is 0 Å². The maximum atomic E-state index is 12.4. The van der Waals surface area contributed by atoms with Gasteiger partial charge >= 0.3 is 5.97 Å². The third-order valence-corrected chi connectivity index (χ3v) is 3.99. The molecule has 0 saturated heterocycles. The lowest BCUT2D eigenvalue weighted by atomic mass is 10.1. The molecule has 0 aliphatic rings. The van der Waals surface area contributed by atoms with E-state index in [-0.39, 0.29) is 23.7 Å². The van der Waals surface area contributed by atoms with E-state index in [0.29, 0.717) is 0 Å². The minimum Gasteiger partial charge on any atom is -0.493 e. The summed E-state index contributed by atoms with van der Waals surface area (Å²) >= 11 is 0. The summed E-state index contributed by atoms with van der Waals surface area (Å²) in [6.45, 7) is -0.0380. The number of nitrogens with zero attached hydrogens (tertiary/aromatic N) is 3. The first kappa shape index (κ1) is 18.9. The highest BCUT2D eigenvalue weighted by Gasteiger charge is 2.25. The van der Waals surface area contributed by atoms with Crippen molar-refractivity contribution in [2.75, 3.05) is 14.2 Å². The summed E-state index contributed by atoms with van der Waals surface area (Å²) in [4.78, 5) is 23.1. The molecule has 0 atom stereocenters. The number of rotatable bonds is 7. The molecular formula is C19H17N3O6. The number of carbonyl (C=O) groups is 1. The molecule has 1 aromatic heterocycles. The molecule has 3 aromatic rings. The first-order valence-electron chi connectivity index (χ1n) is 8.20. The Morgan fingerprint density at radius 1 is 1.14 bits per heavy atom. The largest absolute Gasteiger partial charge is 0.493 e.